The lowest BCUT2D eigenvalue weighted by Crippen LogP contribution is -2.67. The van der Waals surface area contributed by atoms with E-state index in [1.807, 2.05) is 0 Å². The van der Waals surface area contributed by atoms with Gasteiger partial charge in [0, 0.05) is 23.5 Å². The lowest BCUT2D eigenvalue weighted by molar-refractivity contribution is -0.252. The number of esters is 1. The smallest absolute Gasteiger partial charge is 0.331 e. The molecule has 6 heteroatoms. The van der Waals surface area contributed by atoms with Crippen molar-refractivity contribution in [2.75, 3.05) is 13.2 Å². The molecular weight excluding hydrogens is 372 g/mol. The molecule has 4 fully saturated rings. The predicted molar refractivity (Wildman–Crippen MR) is 105 cm³/mol. The monoisotopic (exact) mass is 406 g/mol. The SMILES string of the molecule is C[C@]12CC(O)C3[C@@H](CCC4C[C@@H](O)CC[C@@]43CO)[C@@]1(O)CC[C@@H]2C1=CC(=O)OC1. The Hall–Kier alpha value is -0.950. The van der Waals surface area contributed by atoms with E-state index in [4.69, 9.17) is 4.74 Å². The van der Waals surface area contributed by atoms with Crippen LogP contribution in [0.2, 0.25) is 0 Å². The first-order valence-corrected chi connectivity index (χ1v) is 11.3. The van der Waals surface area contributed by atoms with Crippen LogP contribution in [0.1, 0.15) is 58.3 Å². The van der Waals surface area contributed by atoms with E-state index in [-0.39, 0.29) is 42.4 Å². The van der Waals surface area contributed by atoms with Gasteiger partial charge in [-0.2, -0.15) is 0 Å². The van der Waals surface area contributed by atoms with Crippen molar-refractivity contribution in [3.05, 3.63) is 11.6 Å². The normalized spacial score (nSPS) is 54.2. The first-order chi connectivity index (χ1) is 13.7. The van der Waals surface area contributed by atoms with Crippen molar-refractivity contribution in [3.63, 3.8) is 0 Å². The molecule has 1 heterocycles. The molecule has 4 aliphatic carbocycles. The van der Waals surface area contributed by atoms with Crippen LogP contribution >= 0.6 is 0 Å². The number of carbonyl (C=O) groups excluding carboxylic acids is 1. The third-order valence-corrected chi connectivity index (χ3v) is 9.90. The number of rotatable bonds is 2. The second-order valence-electron chi connectivity index (χ2n) is 10.8. The van der Waals surface area contributed by atoms with Crippen molar-refractivity contribution in [2.24, 2.45) is 34.5 Å². The molecule has 0 bridgehead atoms. The second-order valence-corrected chi connectivity index (χ2v) is 10.8. The van der Waals surface area contributed by atoms with Gasteiger partial charge in [0.15, 0.2) is 0 Å². The molecule has 162 valence electrons. The molecule has 4 N–H and O–H groups in total. The molecule has 3 unspecified atom stereocenters. The molecule has 5 rings (SSSR count). The Balaban J connectivity index is 1.53. The van der Waals surface area contributed by atoms with Gasteiger partial charge in [-0.1, -0.05) is 6.92 Å². The number of aliphatic hydroxyl groups excluding tert-OH is 3. The zero-order valence-electron chi connectivity index (χ0n) is 17.2. The number of cyclic esters (lactones) is 1. The quantitative estimate of drug-likeness (QED) is 0.519. The molecule has 0 aromatic carbocycles. The Kier molecular flexibility index (Phi) is 4.49. The second kappa shape index (κ2) is 6.52. The van der Waals surface area contributed by atoms with Crippen molar-refractivity contribution in [3.8, 4) is 0 Å². The van der Waals surface area contributed by atoms with Crippen LogP contribution in [0, 0.1) is 34.5 Å². The average Bonchev–Trinajstić information content (AvgIpc) is 3.22. The maximum Gasteiger partial charge on any atom is 0.331 e. The summed E-state index contributed by atoms with van der Waals surface area (Å²) in [5, 5.41) is 44.3. The van der Waals surface area contributed by atoms with Gasteiger partial charge in [-0.15, -0.1) is 0 Å². The Morgan fingerprint density at radius 2 is 1.97 bits per heavy atom. The molecule has 4 saturated carbocycles. The summed E-state index contributed by atoms with van der Waals surface area (Å²) in [6, 6.07) is 0. The Bertz CT molecular complexity index is 735. The van der Waals surface area contributed by atoms with E-state index in [9.17, 15) is 25.2 Å². The summed E-state index contributed by atoms with van der Waals surface area (Å²) in [4.78, 5) is 11.7. The molecule has 0 aromatic rings. The van der Waals surface area contributed by atoms with E-state index in [1.54, 1.807) is 6.08 Å². The van der Waals surface area contributed by atoms with E-state index in [0.29, 0.717) is 38.7 Å². The number of hydrogen-bond donors (Lipinski definition) is 4. The summed E-state index contributed by atoms with van der Waals surface area (Å²) in [5.41, 5.74) is -0.893. The number of aliphatic hydroxyl groups is 4. The van der Waals surface area contributed by atoms with Gasteiger partial charge in [-0.3, -0.25) is 0 Å². The zero-order chi connectivity index (χ0) is 20.6. The summed E-state index contributed by atoms with van der Waals surface area (Å²) in [5.74, 6) is -0.301. The highest BCUT2D eigenvalue weighted by molar-refractivity contribution is 5.85. The number of hydrogen-bond acceptors (Lipinski definition) is 6. The molecule has 0 spiro atoms. The molecule has 6 nitrogen and oxygen atoms in total. The van der Waals surface area contributed by atoms with E-state index < -0.39 is 22.5 Å². The molecule has 1 aliphatic heterocycles. The van der Waals surface area contributed by atoms with Gasteiger partial charge in [0.2, 0.25) is 0 Å². The zero-order valence-corrected chi connectivity index (χ0v) is 17.2. The van der Waals surface area contributed by atoms with Crippen LogP contribution in [0.5, 0.6) is 0 Å². The summed E-state index contributed by atoms with van der Waals surface area (Å²) in [6.45, 7) is 2.38. The highest BCUT2D eigenvalue weighted by Crippen LogP contribution is 2.69. The van der Waals surface area contributed by atoms with Crippen LogP contribution in [0.25, 0.3) is 0 Å². The predicted octanol–water partition coefficient (Wildman–Crippen LogP) is 1.55. The van der Waals surface area contributed by atoms with E-state index in [2.05, 4.69) is 6.92 Å². The first kappa shape index (κ1) is 20.0. The average molecular weight is 407 g/mol. The van der Waals surface area contributed by atoms with Gasteiger partial charge in [0.25, 0.3) is 0 Å². The molecule has 0 amide bonds. The third kappa shape index (κ3) is 2.52. The van der Waals surface area contributed by atoms with Crippen LogP contribution in [-0.4, -0.2) is 57.4 Å². The van der Waals surface area contributed by atoms with Crippen molar-refractivity contribution in [1.29, 1.82) is 0 Å². The molecule has 29 heavy (non-hydrogen) atoms. The summed E-state index contributed by atoms with van der Waals surface area (Å²) in [6.07, 6.45) is 6.29. The van der Waals surface area contributed by atoms with E-state index >= 15 is 0 Å². The van der Waals surface area contributed by atoms with Gasteiger partial charge in [0.05, 0.1) is 17.8 Å². The topological polar surface area (TPSA) is 107 Å². The third-order valence-electron chi connectivity index (χ3n) is 9.90. The van der Waals surface area contributed by atoms with Crippen LogP contribution in [0.15, 0.2) is 11.6 Å². The van der Waals surface area contributed by atoms with E-state index in [0.717, 1.165) is 24.8 Å². The van der Waals surface area contributed by atoms with Crippen LogP contribution in [0.3, 0.4) is 0 Å². The van der Waals surface area contributed by atoms with Crippen LogP contribution in [0.4, 0.5) is 0 Å². The van der Waals surface area contributed by atoms with Crippen molar-refractivity contribution >= 4 is 5.97 Å². The maximum atomic E-state index is 12.1. The van der Waals surface area contributed by atoms with Gasteiger partial charge in [-0.05, 0) is 80.6 Å². The minimum Gasteiger partial charge on any atom is -0.458 e. The van der Waals surface area contributed by atoms with Crippen LogP contribution < -0.4 is 0 Å². The summed E-state index contributed by atoms with van der Waals surface area (Å²) in [7, 11) is 0. The van der Waals surface area contributed by atoms with Crippen molar-refractivity contribution in [1.82, 2.24) is 0 Å². The lowest BCUT2D eigenvalue weighted by atomic mass is 9.42. The standard InChI is InChI=1S/C23H34O6/c1-21-10-18(26)20-17(3-2-14-9-15(25)4-6-22(14,20)12-24)23(21,28)7-5-16(21)13-8-19(27)29-11-13/h8,14-18,20,24-26,28H,2-7,9-12H2,1H3/t14?,15-,16+,17+,18?,20?,21+,22+,23-/m0/s1. The summed E-state index contributed by atoms with van der Waals surface area (Å²) >= 11 is 0. The Morgan fingerprint density at radius 3 is 2.66 bits per heavy atom. The van der Waals surface area contributed by atoms with Gasteiger partial charge in [-0.25, -0.2) is 4.79 Å². The summed E-state index contributed by atoms with van der Waals surface area (Å²) < 4.78 is 5.15. The highest BCUT2D eigenvalue weighted by Gasteiger charge is 2.70. The molecule has 0 radical (unpaired) electrons. The fraction of sp³-hybridized carbons (Fsp3) is 0.870. The lowest BCUT2D eigenvalue weighted by Gasteiger charge is -2.65. The Labute approximate surface area is 172 Å². The minimum absolute atomic E-state index is 0.00628. The molecule has 0 saturated heterocycles. The highest BCUT2D eigenvalue weighted by atomic mass is 16.5. The molecule has 0 aromatic heterocycles. The van der Waals surface area contributed by atoms with Gasteiger partial charge in [0.1, 0.15) is 6.61 Å². The largest absolute Gasteiger partial charge is 0.458 e. The van der Waals surface area contributed by atoms with E-state index in [1.165, 1.54) is 0 Å². The van der Waals surface area contributed by atoms with Crippen LogP contribution in [-0.2, 0) is 9.53 Å². The fourth-order valence-electron chi connectivity index (χ4n) is 8.57. The fourth-order valence-corrected chi connectivity index (χ4v) is 8.57. The molecule has 9 atom stereocenters. The number of carbonyl (C=O) groups is 1. The molecular formula is C23H34O6. The first-order valence-electron chi connectivity index (χ1n) is 11.3. The van der Waals surface area contributed by atoms with Crippen molar-refractivity contribution in [2.45, 2.75) is 76.1 Å². The molecule has 5 aliphatic rings. The number of fused-ring (bicyclic) bond motifs is 5. The maximum absolute atomic E-state index is 12.1. The number of ether oxygens (including phenoxy) is 1. The minimum atomic E-state index is -0.919. The van der Waals surface area contributed by atoms with Gasteiger partial charge < -0.3 is 25.2 Å². The van der Waals surface area contributed by atoms with Gasteiger partial charge >= 0.3 is 5.97 Å². The van der Waals surface area contributed by atoms with Crippen molar-refractivity contribution < 1.29 is 30.0 Å². The Morgan fingerprint density at radius 1 is 1.17 bits per heavy atom.